The van der Waals surface area contributed by atoms with Crippen molar-refractivity contribution in [2.75, 3.05) is 20.8 Å². The summed E-state index contributed by atoms with van der Waals surface area (Å²) < 4.78 is 10.9. The van der Waals surface area contributed by atoms with Crippen molar-refractivity contribution in [2.45, 2.75) is 12.8 Å². The lowest BCUT2D eigenvalue weighted by Gasteiger charge is -2.14. The van der Waals surface area contributed by atoms with Gasteiger partial charge < -0.3 is 14.6 Å². The Morgan fingerprint density at radius 1 is 1.14 bits per heavy atom. The molecule has 2 aromatic carbocycles. The Morgan fingerprint density at radius 2 is 1.79 bits per heavy atom. The first kappa shape index (κ1) is 20.2. The van der Waals surface area contributed by atoms with Gasteiger partial charge in [0.05, 0.1) is 19.1 Å². The summed E-state index contributed by atoms with van der Waals surface area (Å²) in [5.41, 5.74) is 1.93. The molecule has 0 radical (unpaired) electrons. The number of thioether (sulfide) groups is 1. The fourth-order valence-electron chi connectivity index (χ4n) is 2.93. The van der Waals surface area contributed by atoms with Crippen LogP contribution in [0.25, 0.3) is 6.08 Å². The van der Waals surface area contributed by atoms with Gasteiger partial charge in [0.15, 0.2) is 11.5 Å². The van der Waals surface area contributed by atoms with Crippen LogP contribution in [0.1, 0.15) is 17.5 Å². The average molecular weight is 416 g/mol. The zero-order chi connectivity index (χ0) is 20.1. The molecular formula is C21H21NO4S2. The number of phenolic OH excluding ortho intramolecular Hbond substituents is 1. The molecule has 1 aliphatic rings. The number of hydrogen-bond donors (Lipinski definition) is 1. The van der Waals surface area contributed by atoms with Crippen LogP contribution in [0.3, 0.4) is 0 Å². The molecule has 1 heterocycles. The molecule has 1 aliphatic heterocycles. The zero-order valence-corrected chi connectivity index (χ0v) is 17.3. The van der Waals surface area contributed by atoms with Crippen molar-refractivity contribution in [3.8, 4) is 17.2 Å². The minimum absolute atomic E-state index is 0.0735. The van der Waals surface area contributed by atoms with Gasteiger partial charge in [0.25, 0.3) is 5.91 Å². The Labute approximate surface area is 174 Å². The van der Waals surface area contributed by atoms with Crippen LogP contribution in [-0.2, 0) is 11.2 Å². The summed E-state index contributed by atoms with van der Waals surface area (Å²) in [6.45, 7) is 0.582. The quantitative estimate of drug-likeness (QED) is 0.539. The van der Waals surface area contributed by atoms with Gasteiger partial charge in [0.1, 0.15) is 4.32 Å². The normalized spacial score (nSPS) is 15.4. The number of amides is 1. The second-order valence-electron chi connectivity index (χ2n) is 6.20. The number of thiocarbonyl (C=S) groups is 1. The van der Waals surface area contributed by atoms with E-state index in [0.29, 0.717) is 21.3 Å². The Morgan fingerprint density at radius 3 is 2.39 bits per heavy atom. The van der Waals surface area contributed by atoms with E-state index < -0.39 is 0 Å². The smallest absolute Gasteiger partial charge is 0.266 e. The molecule has 0 aromatic heterocycles. The van der Waals surface area contributed by atoms with E-state index >= 15 is 0 Å². The zero-order valence-electron chi connectivity index (χ0n) is 15.7. The third kappa shape index (κ3) is 4.48. The highest BCUT2D eigenvalue weighted by Crippen LogP contribution is 2.39. The summed E-state index contributed by atoms with van der Waals surface area (Å²) in [4.78, 5) is 15.0. The maximum atomic E-state index is 12.8. The van der Waals surface area contributed by atoms with Gasteiger partial charge in [0, 0.05) is 6.54 Å². The molecule has 1 N–H and O–H groups in total. The number of aromatic hydroxyl groups is 1. The van der Waals surface area contributed by atoms with E-state index in [-0.39, 0.29) is 23.2 Å². The number of methoxy groups -OCH3 is 2. The highest BCUT2D eigenvalue weighted by Gasteiger charge is 2.31. The largest absolute Gasteiger partial charge is 0.502 e. The molecule has 0 spiro atoms. The standard InChI is InChI=1S/C21H21NO4S2/c1-25-16-11-15(12-17(26-2)19(16)23)13-18-20(24)22(21(27)28-18)10-6-9-14-7-4-3-5-8-14/h3-5,7-8,11-13,23H,6,9-10H2,1-2H3/b18-13-. The number of carbonyl (C=O) groups is 1. The number of hydrogen-bond acceptors (Lipinski definition) is 6. The minimum Gasteiger partial charge on any atom is -0.502 e. The molecule has 1 amide bonds. The van der Waals surface area contributed by atoms with Crippen LogP contribution < -0.4 is 9.47 Å². The average Bonchev–Trinajstić information content (AvgIpc) is 2.97. The third-order valence-corrected chi connectivity index (χ3v) is 5.74. The van der Waals surface area contributed by atoms with E-state index in [1.807, 2.05) is 18.2 Å². The number of phenols is 1. The van der Waals surface area contributed by atoms with E-state index in [1.165, 1.54) is 31.5 Å². The Hall–Kier alpha value is -2.51. The topological polar surface area (TPSA) is 59.0 Å². The second-order valence-corrected chi connectivity index (χ2v) is 7.87. The van der Waals surface area contributed by atoms with Crippen LogP contribution in [0.15, 0.2) is 47.4 Å². The van der Waals surface area contributed by atoms with Gasteiger partial charge in [0.2, 0.25) is 5.75 Å². The lowest BCUT2D eigenvalue weighted by molar-refractivity contribution is -0.122. The lowest BCUT2D eigenvalue weighted by Crippen LogP contribution is -2.29. The Balaban J connectivity index is 1.72. The number of ether oxygens (including phenoxy) is 2. The van der Waals surface area contributed by atoms with Crippen LogP contribution in [0.4, 0.5) is 0 Å². The summed E-state index contributed by atoms with van der Waals surface area (Å²) in [5.74, 6) is 0.387. The van der Waals surface area contributed by atoms with Crippen LogP contribution in [0, 0.1) is 0 Å². The molecule has 28 heavy (non-hydrogen) atoms. The van der Waals surface area contributed by atoms with Gasteiger partial charge in [-0.05, 0) is 42.2 Å². The number of rotatable bonds is 7. The highest BCUT2D eigenvalue weighted by atomic mass is 32.2. The van der Waals surface area contributed by atoms with Gasteiger partial charge in [-0.2, -0.15) is 0 Å². The van der Waals surface area contributed by atoms with Crippen LogP contribution in [0.5, 0.6) is 17.2 Å². The lowest BCUT2D eigenvalue weighted by atomic mass is 10.1. The van der Waals surface area contributed by atoms with Gasteiger partial charge in [-0.3, -0.25) is 9.69 Å². The molecule has 0 bridgehead atoms. The third-order valence-electron chi connectivity index (χ3n) is 4.36. The maximum absolute atomic E-state index is 12.8. The molecule has 1 saturated heterocycles. The van der Waals surface area contributed by atoms with E-state index in [2.05, 4.69) is 12.1 Å². The number of carbonyl (C=O) groups excluding carboxylic acids is 1. The van der Waals surface area contributed by atoms with E-state index in [0.717, 1.165) is 12.8 Å². The molecule has 1 fully saturated rings. The summed E-state index contributed by atoms with van der Waals surface area (Å²) in [6, 6.07) is 13.5. The first-order chi connectivity index (χ1) is 13.5. The highest BCUT2D eigenvalue weighted by molar-refractivity contribution is 8.26. The predicted octanol–water partition coefficient (Wildman–Crippen LogP) is 4.24. The maximum Gasteiger partial charge on any atom is 0.266 e. The SMILES string of the molecule is COc1cc(/C=C2\SC(=S)N(CCCc3ccccc3)C2=O)cc(OC)c1O. The number of aryl methyl sites for hydroxylation is 1. The van der Waals surface area contributed by atoms with Crippen molar-refractivity contribution in [3.63, 3.8) is 0 Å². The molecule has 146 valence electrons. The molecule has 0 aliphatic carbocycles. The molecular weight excluding hydrogens is 394 g/mol. The van der Waals surface area contributed by atoms with Gasteiger partial charge in [-0.25, -0.2) is 0 Å². The van der Waals surface area contributed by atoms with Gasteiger partial charge in [-0.15, -0.1) is 0 Å². The first-order valence-electron chi connectivity index (χ1n) is 8.77. The molecule has 0 atom stereocenters. The van der Waals surface area contributed by atoms with E-state index in [1.54, 1.807) is 23.1 Å². The van der Waals surface area contributed by atoms with Crippen molar-refractivity contribution in [1.82, 2.24) is 4.90 Å². The van der Waals surface area contributed by atoms with E-state index in [9.17, 15) is 9.90 Å². The van der Waals surface area contributed by atoms with Crippen molar-refractivity contribution in [2.24, 2.45) is 0 Å². The van der Waals surface area contributed by atoms with Crippen LogP contribution in [-0.4, -0.2) is 41.0 Å². The van der Waals surface area contributed by atoms with Crippen molar-refractivity contribution in [3.05, 3.63) is 58.5 Å². The fourth-order valence-corrected chi connectivity index (χ4v) is 4.24. The summed E-state index contributed by atoms with van der Waals surface area (Å²) >= 11 is 6.68. The molecule has 7 heteroatoms. The van der Waals surface area contributed by atoms with Crippen LogP contribution >= 0.6 is 24.0 Å². The number of nitrogens with zero attached hydrogens (tertiary/aromatic N) is 1. The van der Waals surface area contributed by atoms with Gasteiger partial charge >= 0.3 is 0 Å². The molecule has 0 unspecified atom stereocenters. The van der Waals surface area contributed by atoms with Crippen molar-refractivity contribution < 1.29 is 19.4 Å². The van der Waals surface area contributed by atoms with Gasteiger partial charge in [-0.1, -0.05) is 54.3 Å². The van der Waals surface area contributed by atoms with Crippen LogP contribution in [0.2, 0.25) is 0 Å². The summed E-state index contributed by atoms with van der Waals surface area (Å²) in [6.07, 6.45) is 3.47. The molecule has 5 nitrogen and oxygen atoms in total. The van der Waals surface area contributed by atoms with E-state index in [4.69, 9.17) is 21.7 Å². The predicted molar refractivity (Wildman–Crippen MR) is 116 cm³/mol. The minimum atomic E-state index is -0.103. The monoisotopic (exact) mass is 415 g/mol. The fraction of sp³-hybridized carbons (Fsp3) is 0.238. The molecule has 0 saturated carbocycles. The first-order valence-corrected chi connectivity index (χ1v) is 10.00. The number of benzene rings is 2. The molecule has 3 rings (SSSR count). The Bertz CT molecular complexity index is 887. The second kappa shape index (κ2) is 9.12. The van der Waals surface area contributed by atoms with Crippen molar-refractivity contribution >= 4 is 40.3 Å². The Kier molecular flexibility index (Phi) is 6.59. The van der Waals surface area contributed by atoms with Crippen molar-refractivity contribution in [1.29, 1.82) is 0 Å². The summed E-state index contributed by atoms with van der Waals surface area (Å²) in [5, 5.41) is 10.0. The molecule has 2 aromatic rings. The summed E-state index contributed by atoms with van der Waals surface area (Å²) in [7, 11) is 2.93.